The van der Waals surface area contributed by atoms with Crippen LogP contribution in [0.1, 0.15) is 11.1 Å². The quantitative estimate of drug-likeness (QED) is 0.865. The van der Waals surface area contributed by atoms with E-state index in [1.165, 1.54) is 17.5 Å². The van der Waals surface area contributed by atoms with E-state index in [4.69, 9.17) is 0 Å². The van der Waals surface area contributed by atoms with Gasteiger partial charge in [-0.25, -0.2) is 8.42 Å². The predicted molar refractivity (Wildman–Crippen MR) is 75.7 cm³/mol. The fourth-order valence-corrected chi connectivity index (χ4v) is 2.98. The largest absolute Gasteiger partial charge is 0.268 e. The third kappa shape index (κ3) is 2.61. The average Bonchev–Trinajstić information content (AvgIpc) is 2.41. The monoisotopic (exact) mass is 276 g/mol. The number of aromatic nitrogens is 1. The number of rotatable bonds is 3. The maximum Gasteiger partial charge on any atom is 0.264 e. The second kappa shape index (κ2) is 5.01. The van der Waals surface area contributed by atoms with E-state index in [1.54, 1.807) is 30.5 Å². The Balaban J connectivity index is 2.45. The van der Waals surface area contributed by atoms with E-state index in [2.05, 4.69) is 4.98 Å². The molecule has 0 N–H and O–H groups in total. The first kappa shape index (κ1) is 13.5. The number of hydrogen-bond donors (Lipinski definition) is 0. The molecule has 0 aliphatic rings. The van der Waals surface area contributed by atoms with E-state index in [9.17, 15) is 8.42 Å². The maximum absolute atomic E-state index is 12.5. The van der Waals surface area contributed by atoms with Crippen molar-refractivity contribution in [3.8, 4) is 0 Å². The molecular weight excluding hydrogens is 260 g/mol. The Hall–Kier alpha value is -1.88. The third-order valence-electron chi connectivity index (χ3n) is 3.15. The van der Waals surface area contributed by atoms with Crippen LogP contribution in [0.4, 0.5) is 5.69 Å². The van der Waals surface area contributed by atoms with Crippen LogP contribution >= 0.6 is 0 Å². The number of hydrogen-bond acceptors (Lipinski definition) is 3. The Morgan fingerprint density at radius 1 is 1.11 bits per heavy atom. The number of anilines is 1. The molecule has 0 radical (unpaired) electrons. The van der Waals surface area contributed by atoms with Gasteiger partial charge in [0.05, 0.1) is 16.8 Å². The second-order valence-corrected chi connectivity index (χ2v) is 6.40. The lowest BCUT2D eigenvalue weighted by Crippen LogP contribution is -2.26. The van der Waals surface area contributed by atoms with Crippen LogP contribution < -0.4 is 4.31 Å². The molecule has 1 aromatic carbocycles. The molecule has 1 aromatic heterocycles. The molecule has 0 saturated carbocycles. The normalized spacial score (nSPS) is 11.3. The molecule has 2 aromatic rings. The minimum absolute atomic E-state index is 0.293. The summed E-state index contributed by atoms with van der Waals surface area (Å²) in [5.74, 6) is 0. The van der Waals surface area contributed by atoms with Crippen LogP contribution in [0.5, 0.6) is 0 Å². The van der Waals surface area contributed by atoms with Gasteiger partial charge in [-0.05, 0) is 49.2 Å². The summed E-state index contributed by atoms with van der Waals surface area (Å²) in [5.41, 5.74) is 2.57. The molecule has 0 fully saturated rings. The van der Waals surface area contributed by atoms with Crippen molar-refractivity contribution in [2.75, 3.05) is 11.4 Å². The van der Waals surface area contributed by atoms with Crippen molar-refractivity contribution >= 4 is 15.7 Å². The van der Waals surface area contributed by atoms with Crippen molar-refractivity contribution < 1.29 is 8.42 Å². The summed E-state index contributed by atoms with van der Waals surface area (Å²) >= 11 is 0. The Bertz CT molecular complexity index is 682. The van der Waals surface area contributed by atoms with Gasteiger partial charge in [0, 0.05) is 13.2 Å². The molecule has 5 heteroatoms. The first-order valence-electron chi connectivity index (χ1n) is 5.89. The highest BCUT2D eigenvalue weighted by atomic mass is 32.2. The minimum atomic E-state index is -3.54. The van der Waals surface area contributed by atoms with Crippen LogP contribution in [0.25, 0.3) is 0 Å². The molecule has 0 aliphatic carbocycles. The fraction of sp³-hybridized carbons (Fsp3) is 0.214. The number of pyridine rings is 1. The van der Waals surface area contributed by atoms with Crippen LogP contribution in [0.3, 0.4) is 0 Å². The zero-order valence-corrected chi connectivity index (χ0v) is 12.0. The summed E-state index contributed by atoms with van der Waals surface area (Å²) in [6.07, 6.45) is 3.14. The van der Waals surface area contributed by atoms with Gasteiger partial charge in [-0.3, -0.25) is 9.29 Å². The summed E-state index contributed by atoms with van der Waals surface area (Å²) in [4.78, 5) is 4.23. The minimum Gasteiger partial charge on any atom is -0.268 e. The lowest BCUT2D eigenvalue weighted by atomic mass is 10.1. The van der Waals surface area contributed by atoms with Crippen molar-refractivity contribution in [1.29, 1.82) is 0 Å². The van der Waals surface area contributed by atoms with Crippen molar-refractivity contribution in [3.05, 3.63) is 53.9 Å². The van der Waals surface area contributed by atoms with Crippen LogP contribution in [0.2, 0.25) is 0 Å². The van der Waals surface area contributed by atoms with Crippen LogP contribution in [-0.2, 0) is 10.0 Å². The topological polar surface area (TPSA) is 50.3 Å². The first-order chi connectivity index (χ1) is 8.93. The molecule has 4 nitrogen and oxygen atoms in total. The molecule has 1 heterocycles. The van der Waals surface area contributed by atoms with E-state index in [1.807, 2.05) is 19.9 Å². The van der Waals surface area contributed by atoms with Gasteiger partial charge >= 0.3 is 0 Å². The van der Waals surface area contributed by atoms with Gasteiger partial charge in [0.1, 0.15) is 0 Å². The number of sulfonamides is 1. The van der Waals surface area contributed by atoms with E-state index >= 15 is 0 Å². The molecule has 0 bridgehead atoms. The maximum atomic E-state index is 12.5. The summed E-state index contributed by atoms with van der Waals surface area (Å²) < 4.78 is 26.2. The zero-order valence-electron chi connectivity index (χ0n) is 11.2. The van der Waals surface area contributed by atoms with Crippen molar-refractivity contribution in [2.24, 2.45) is 0 Å². The smallest absolute Gasteiger partial charge is 0.264 e. The van der Waals surface area contributed by atoms with Gasteiger partial charge in [0.2, 0.25) is 0 Å². The van der Waals surface area contributed by atoms with E-state index < -0.39 is 10.0 Å². The molecule has 0 aliphatic heterocycles. The first-order valence-corrected chi connectivity index (χ1v) is 7.33. The highest BCUT2D eigenvalue weighted by Gasteiger charge is 2.21. The van der Waals surface area contributed by atoms with Crippen molar-refractivity contribution in [3.63, 3.8) is 0 Å². The molecule has 100 valence electrons. The Morgan fingerprint density at radius 3 is 2.42 bits per heavy atom. The van der Waals surface area contributed by atoms with Gasteiger partial charge in [-0.1, -0.05) is 6.07 Å². The van der Waals surface area contributed by atoms with Crippen molar-refractivity contribution in [2.45, 2.75) is 18.7 Å². The summed E-state index contributed by atoms with van der Waals surface area (Å²) in [5, 5.41) is 0. The van der Waals surface area contributed by atoms with Crippen molar-refractivity contribution in [1.82, 2.24) is 4.98 Å². The van der Waals surface area contributed by atoms with E-state index in [0.29, 0.717) is 10.6 Å². The Kier molecular flexibility index (Phi) is 3.57. The average molecular weight is 276 g/mol. The molecule has 2 rings (SSSR count). The number of nitrogens with zero attached hydrogens (tertiary/aromatic N) is 2. The molecule has 0 amide bonds. The van der Waals surface area contributed by atoms with Crippen LogP contribution in [-0.4, -0.2) is 20.4 Å². The summed E-state index contributed by atoms with van der Waals surface area (Å²) in [6.45, 7) is 3.86. The molecular formula is C14H16N2O2S. The van der Waals surface area contributed by atoms with E-state index in [0.717, 1.165) is 11.1 Å². The summed E-state index contributed by atoms with van der Waals surface area (Å²) in [6, 6.07) is 8.56. The van der Waals surface area contributed by atoms with Crippen LogP contribution in [0, 0.1) is 13.8 Å². The van der Waals surface area contributed by atoms with Gasteiger partial charge in [0.25, 0.3) is 10.0 Å². The molecule has 0 saturated heterocycles. The third-order valence-corrected chi connectivity index (χ3v) is 4.93. The predicted octanol–water partition coefficient (Wildman–Crippen LogP) is 2.52. The Labute approximate surface area is 113 Å². The van der Waals surface area contributed by atoms with Gasteiger partial charge in [-0.2, -0.15) is 0 Å². The SMILES string of the molecule is Cc1ccc(S(=O)(=O)N(C)c2cccnc2)cc1C. The zero-order chi connectivity index (χ0) is 14.0. The highest BCUT2D eigenvalue weighted by molar-refractivity contribution is 7.92. The molecule has 0 unspecified atom stereocenters. The van der Waals surface area contributed by atoms with Gasteiger partial charge in [0.15, 0.2) is 0 Å². The number of benzene rings is 1. The highest BCUT2D eigenvalue weighted by Crippen LogP contribution is 2.22. The standard InChI is InChI=1S/C14H16N2O2S/c1-11-6-7-14(9-12(11)2)19(17,18)16(3)13-5-4-8-15-10-13/h4-10H,1-3H3. The fourth-order valence-electron chi connectivity index (χ4n) is 1.71. The van der Waals surface area contributed by atoms with Crippen LogP contribution in [0.15, 0.2) is 47.6 Å². The lowest BCUT2D eigenvalue weighted by molar-refractivity contribution is 0.594. The number of aryl methyl sites for hydroxylation is 2. The molecule has 0 spiro atoms. The lowest BCUT2D eigenvalue weighted by Gasteiger charge is -2.19. The Morgan fingerprint density at radius 2 is 1.84 bits per heavy atom. The second-order valence-electron chi connectivity index (χ2n) is 4.43. The summed E-state index contributed by atoms with van der Waals surface area (Å²) in [7, 11) is -2.01. The van der Waals surface area contributed by atoms with Gasteiger partial charge in [-0.15, -0.1) is 0 Å². The molecule has 19 heavy (non-hydrogen) atoms. The van der Waals surface area contributed by atoms with Gasteiger partial charge < -0.3 is 0 Å². The van der Waals surface area contributed by atoms with E-state index in [-0.39, 0.29) is 0 Å². The molecule has 0 atom stereocenters.